The summed E-state index contributed by atoms with van der Waals surface area (Å²) in [7, 11) is 1.55. The first kappa shape index (κ1) is 42.5. The molecule has 4 bridgehead atoms. The summed E-state index contributed by atoms with van der Waals surface area (Å²) in [5.74, 6) is 1.71. The lowest BCUT2D eigenvalue weighted by Gasteiger charge is -2.33. The molecular formula is C34H45ClF3N7O6. The van der Waals surface area contributed by atoms with Crippen molar-refractivity contribution in [3.05, 3.63) is 70.1 Å². The maximum Gasteiger partial charge on any atom is 0.411 e. The molecule has 17 heteroatoms. The third-order valence-electron chi connectivity index (χ3n) is 6.98. The largest absolute Gasteiger partial charge is 0.496 e. The fourth-order valence-corrected chi connectivity index (χ4v) is 4.83. The normalized spacial score (nSPS) is 16.5. The Morgan fingerprint density at radius 2 is 1.96 bits per heavy atom. The number of ether oxygens (including phenoxy) is 4. The standard InChI is InChI=1S/C30H38ClN5O5.C4H7F3N2O/c1-21(41-20-37)27(39-5)17-36-13-6-14-40-26-12-7-22(15-25(26)31)16-33-29(32-4)35-24-10-8-23(9-11-24)28(38)34-18-30(2,3)19-36;5-4(6,7)1-10-3-9-2-8/h7-12,15,20H,4,6,13-14,16-19H2,1-3,5H3,(H,33,35)(H,34,38);2H,1,3H2,(H2,8,9)/b27-21-;. The highest BCUT2D eigenvalue weighted by atomic mass is 35.5. The Bertz CT molecular complexity index is 1520. The molecule has 4 N–H and O–H groups in total. The van der Waals surface area contributed by atoms with Gasteiger partial charge in [-0.05, 0) is 67.4 Å². The fraction of sp³-hybridized carbons (Fsp3) is 0.441. The van der Waals surface area contributed by atoms with E-state index in [2.05, 4.69) is 55.8 Å². The number of hydrogen-bond donors (Lipinski definition) is 3. The summed E-state index contributed by atoms with van der Waals surface area (Å²) in [6, 6.07) is 12.6. The number of aliphatic imine (C=N–C) groups is 3. The number of amides is 1. The van der Waals surface area contributed by atoms with Crippen molar-refractivity contribution < 1.29 is 41.7 Å². The van der Waals surface area contributed by atoms with Crippen molar-refractivity contribution in [2.24, 2.45) is 26.1 Å². The van der Waals surface area contributed by atoms with Crippen LogP contribution in [0.4, 0.5) is 18.9 Å². The maximum absolute atomic E-state index is 12.9. The maximum atomic E-state index is 12.9. The zero-order valence-corrected chi connectivity index (χ0v) is 29.9. The summed E-state index contributed by atoms with van der Waals surface area (Å²) in [5.41, 5.74) is 6.58. The van der Waals surface area contributed by atoms with E-state index in [1.807, 2.05) is 18.2 Å². The molecule has 1 amide bonds. The van der Waals surface area contributed by atoms with Crippen molar-refractivity contribution >= 4 is 48.7 Å². The summed E-state index contributed by atoms with van der Waals surface area (Å²) in [6.07, 6.45) is -2.71. The Hall–Kier alpha value is -4.67. The van der Waals surface area contributed by atoms with E-state index in [0.29, 0.717) is 86.0 Å². The fourth-order valence-electron chi connectivity index (χ4n) is 4.57. The monoisotopic (exact) mass is 739 g/mol. The molecule has 0 saturated heterocycles. The zero-order valence-electron chi connectivity index (χ0n) is 29.1. The summed E-state index contributed by atoms with van der Waals surface area (Å²) < 4.78 is 54.4. The third-order valence-corrected chi connectivity index (χ3v) is 7.28. The second-order valence-electron chi connectivity index (χ2n) is 11.8. The minimum Gasteiger partial charge on any atom is -0.496 e. The highest BCUT2D eigenvalue weighted by Gasteiger charge is 2.27. The number of carbonyl (C=O) groups is 2. The van der Waals surface area contributed by atoms with E-state index in [4.69, 9.17) is 31.5 Å². The highest BCUT2D eigenvalue weighted by Crippen LogP contribution is 2.26. The number of carbonyl (C=O) groups excluding carboxylic acids is 2. The predicted molar refractivity (Wildman–Crippen MR) is 191 cm³/mol. The molecule has 0 aliphatic carbocycles. The molecule has 3 aliphatic rings. The van der Waals surface area contributed by atoms with Crippen LogP contribution in [0.15, 0.2) is 69.0 Å². The quantitative estimate of drug-likeness (QED) is 0.106. The average Bonchev–Trinajstić information content (AvgIpc) is 3.08. The van der Waals surface area contributed by atoms with Crippen molar-refractivity contribution in [3.63, 3.8) is 0 Å². The van der Waals surface area contributed by atoms with E-state index in [-0.39, 0.29) is 18.1 Å². The lowest BCUT2D eigenvalue weighted by Crippen LogP contribution is -2.43. The molecule has 5 rings (SSSR count). The topological polar surface area (TPSA) is 161 Å². The van der Waals surface area contributed by atoms with Crippen molar-refractivity contribution in [2.75, 3.05) is 58.6 Å². The molecule has 3 heterocycles. The molecule has 0 aromatic heterocycles. The molecule has 0 atom stereocenters. The van der Waals surface area contributed by atoms with Crippen LogP contribution in [0.1, 0.15) is 43.1 Å². The van der Waals surface area contributed by atoms with Gasteiger partial charge in [-0.25, -0.2) is 15.0 Å². The number of methoxy groups -OCH3 is 1. The van der Waals surface area contributed by atoms with Crippen molar-refractivity contribution in [1.82, 2.24) is 10.2 Å². The number of allylic oxidation sites excluding steroid dienone is 1. The first-order valence-electron chi connectivity index (χ1n) is 15.7. The van der Waals surface area contributed by atoms with Crippen molar-refractivity contribution in [2.45, 2.75) is 39.9 Å². The van der Waals surface area contributed by atoms with Gasteiger partial charge in [0.05, 0.1) is 38.2 Å². The second-order valence-corrected chi connectivity index (χ2v) is 12.3. The number of benzene rings is 2. The van der Waals surface area contributed by atoms with Gasteiger partial charge < -0.3 is 35.3 Å². The highest BCUT2D eigenvalue weighted by molar-refractivity contribution is 6.32. The van der Waals surface area contributed by atoms with Crippen molar-refractivity contribution in [3.8, 4) is 5.75 Å². The number of rotatable bonds is 8. The Morgan fingerprint density at radius 3 is 2.57 bits per heavy atom. The lowest BCUT2D eigenvalue weighted by atomic mass is 9.92. The number of nitrogens with two attached hydrogens (primary N) is 1. The van der Waals surface area contributed by atoms with Gasteiger partial charge in [0, 0.05) is 30.9 Å². The minimum absolute atomic E-state index is 0.171. The molecule has 2 aromatic rings. The number of nitrogens with one attached hydrogen (secondary N) is 2. The summed E-state index contributed by atoms with van der Waals surface area (Å²) in [6.45, 7) is 11.1. The van der Waals surface area contributed by atoms with Crippen LogP contribution in [0.2, 0.25) is 5.02 Å². The van der Waals surface area contributed by atoms with Gasteiger partial charge in [-0.1, -0.05) is 31.5 Å². The van der Waals surface area contributed by atoms with Gasteiger partial charge in [-0.2, -0.15) is 13.2 Å². The van der Waals surface area contributed by atoms with E-state index in [1.165, 1.54) is 0 Å². The molecule has 280 valence electrons. The van der Waals surface area contributed by atoms with Gasteiger partial charge in [0.1, 0.15) is 30.6 Å². The third kappa shape index (κ3) is 16.7. The molecule has 0 spiro atoms. The Labute approximate surface area is 300 Å². The molecule has 0 radical (unpaired) electrons. The SMILES string of the molecule is C=NC1=NCc2ccc(c(Cl)c2)OCCCN(C/C(OC)=C(\C)OC=O)CC(C)(C)CNC(=O)c2ccc(cc2)N1.N/C=N/COCC(F)(F)F. The number of anilines is 1. The smallest absolute Gasteiger partial charge is 0.411 e. The van der Waals surface area contributed by atoms with Crippen LogP contribution in [0.5, 0.6) is 5.75 Å². The first-order chi connectivity index (χ1) is 24.2. The van der Waals surface area contributed by atoms with Crippen LogP contribution < -0.4 is 21.1 Å². The Morgan fingerprint density at radius 1 is 1.24 bits per heavy atom. The molecule has 0 fully saturated rings. The van der Waals surface area contributed by atoms with Crippen LogP contribution in [0.3, 0.4) is 0 Å². The van der Waals surface area contributed by atoms with Gasteiger partial charge in [0.25, 0.3) is 12.4 Å². The molecule has 2 aromatic carbocycles. The Kier molecular flexibility index (Phi) is 17.9. The minimum atomic E-state index is -4.29. The second kappa shape index (κ2) is 21.5. The van der Waals surface area contributed by atoms with E-state index in [1.54, 1.807) is 38.3 Å². The van der Waals surface area contributed by atoms with Gasteiger partial charge in [0.2, 0.25) is 5.96 Å². The van der Waals surface area contributed by atoms with E-state index in [0.717, 1.165) is 17.6 Å². The molecule has 13 nitrogen and oxygen atoms in total. The van der Waals surface area contributed by atoms with E-state index in [9.17, 15) is 22.8 Å². The van der Waals surface area contributed by atoms with Gasteiger partial charge in [-0.15, -0.1) is 0 Å². The molecular weight excluding hydrogens is 695 g/mol. The van der Waals surface area contributed by atoms with Crippen LogP contribution in [0.25, 0.3) is 0 Å². The molecule has 3 aliphatic heterocycles. The van der Waals surface area contributed by atoms with Crippen molar-refractivity contribution in [1.29, 1.82) is 0 Å². The summed E-state index contributed by atoms with van der Waals surface area (Å²) in [4.78, 5) is 37.7. The zero-order chi connectivity index (χ0) is 37.9. The first-order valence-corrected chi connectivity index (χ1v) is 16.1. The van der Waals surface area contributed by atoms with Crippen LogP contribution >= 0.6 is 11.6 Å². The number of guanidine groups is 1. The number of halogens is 4. The molecule has 0 saturated carbocycles. The predicted octanol–water partition coefficient (Wildman–Crippen LogP) is 5.41. The lowest BCUT2D eigenvalue weighted by molar-refractivity contribution is -0.173. The van der Waals surface area contributed by atoms with Gasteiger partial charge in [-0.3, -0.25) is 14.5 Å². The summed E-state index contributed by atoms with van der Waals surface area (Å²) >= 11 is 6.51. The van der Waals surface area contributed by atoms with Crippen LogP contribution in [-0.2, 0) is 25.5 Å². The van der Waals surface area contributed by atoms with Gasteiger partial charge >= 0.3 is 6.18 Å². The van der Waals surface area contributed by atoms with E-state index < -0.39 is 12.8 Å². The number of nitrogens with zero attached hydrogens (tertiary/aromatic N) is 4. The Balaban J connectivity index is 0.000000783. The summed E-state index contributed by atoms with van der Waals surface area (Å²) in [5, 5.41) is 6.66. The average molecular weight is 740 g/mol. The molecule has 0 unspecified atom stereocenters. The number of alkyl halides is 3. The van der Waals surface area contributed by atoms with Gasteiger partial charge in [0.15, 0.2) is 0 Å². The number of hydrogen-bond acceptors (Lipinski definition) is 11. The molecule has 51 heavy (non-hydrogen) atoms. The van der Waals surface area contributed by atoms with Crippen LogP contribution in [0, 0.1) is 5.41 Å². The number of fused-ring (bicyclic) bond motifs is 2. The van der Waals surface area contributed by atoms with Crippen LogP contribution in [-0.4, -0.2) is 95.7 Å². The van der Waals surface area contributed by atoms with E-state index >= 15 is 0 Å².